The van der Waals surface area contributed by atoms with Gasteiger partial charge in [0.15, 0.2) is 0 Å². The first-order chi connectivity index (χ1) is 19.1. The van der Waals surface area contributed by atoms with Crippen molar-refractivity contribution in [2.75, 3.05) is 20.2 Å². The van der Waals surface area contributed by atoms with Crippen LogP contribution in [-0.2, 0) is 37.8 Å². The van der Waals surface area contributed by atoms with Crippen molar-refractivity contribution >= 4 is 26.0 Å². The summed E-state index contributed by atoms with van der Waals surface area (Å²) in [6.45, 7) is 2.90. The summed E-state index contributed by atoms with van der Waals surface area (Å²) in [6.07, 6.45) is 2.89. The van der Waals surface area contributed by atoms with Gasteiger partial charge in [0.2, 0.25) is 26.0 Å². The largest absolute Gasteiger partial charge is 0.496 e. The molecule has 1 fully saturated rings. The average Bonchev–Trinajstić information content (AvgIpc) is 2.96. The van der Waals surface area contributed by atoms with Crippen molar-refractivity contribution in [3.8, 4) is 5.75 Å². The number of hydrogen-bond donors (Lipinski definition) is 2. The van der Waals surface area contributed by atoms with Gasteiger partial charge >= 0.3 is 0 Å². The number of piperidine rings is 1. The van der Waals surface area contributed by atoms with Gasteiger partial charge in [-0.1, -0.05) is 48.9 Å². The molecule has 1 saturated heterocycles. The number of ether oxygens (including phenoxy) is 1. The topological polar surface area (TPSA) is 122 Å². The van der Waals surface area contributed by atoms with Crippen LogP contribution in [0.3, 0.4) is 0 Å². The van der Waals surface area contributed by atoms with E-state index in [1.807, 2.05) is 30.3 Å². The van der Waals surface area contributed by atoms with Gasteiger partial charge in [-0.15, -0.1) is 0 Å². The third kappa shape index (κ3) is 7.28. The number of methoxy groups -OCH3 is 1. The molecule has 0 saturated carbocycles. The molecule has 3 aromatic carbocycles. The van der Waals surface area contributed by atoms with Crippen molar-refractivity contribution in [2.24, 2.45) is 0 Å². The molecule has 0 aromatic heterocycles. The zero-order valence-corrected chi connectivity index (χ0v) is 24.3. The maximum Gasteiger partial charge on any atom is 0.243 e. The summed E-state index contributed by atoms with van der Waals surface area (Å²) in [7, 11) is -6.07. The van der Waals surface area contributed by atoms with E-state index in [1.54, 1.807) is 37.3 Å². The molecular weight excluding hydrogens is 550 g/mol. The van der Waals surface area contributed by atoms with E-state index >= 15 is 0 Å². The molecule has 2 N–H and O–H groups in total. The predicted molar refractivity (Wildman–Crippen MR) is 153 cm³/mol. The number of benzene rings is 3. The van der Waals surface area contributed by atoms with Crippen molar-refractivity contribution in [1.29, 1.82) is 0 Å². The summed E-state index contributed by atoms with van der Waals surface area (Å²) in [6, 6.07) is 19.0. The Labute approximate surface area is 236 Å². The molecule has 1 aliphatic rings. The Hall–Kier alpha value is -3.25. The molecule has 0 bridgehead atoms. The quantitative estimate of drug-likeness (QED) is 0.356. The summed E-state index contributed by atoms with van der Waals surface area (Å²) in [5, 5.41) is 2.80. The summed E-state index contributed by atoms with van der Waals surface area (Å²) >= 11 is 0. The molecule has 4 rings (SSSR count). The Morgan fingerprint density at radius 3 is 2.15 bits per heavy atom. The first-order valence-corrected chi connectivity index (χ1v) is 16.1. The van der Waals surface area contributed by atoms with Crippen LogP contribution in [0.15, 0.2) is 82.6 Å². The highest BCUT2D eigenvalue weighted by Crippen LogP contribution is 2.23. The molecule has 0 spiro atoms. The van der Waals surface area contributed by atoms with Crippen molar-refractivity contribution in [3.05, 3.63) is 89.5 Å². The highest BCUT2D eigenvalue weighted by Gasteiger charge is 2.28. The van der Waals surface area contributed by atoms with Crippen LogP contribution in [0, 0.1) is 6.92 Å². The van der Waals surface area contributed by atoms with Crippen molar-refractivity contribution in [3.63, 3.8) is 0 Å². The minimum absolute atomic E-state index is 0.0298. The maximum atomic E-state index is 13.3. The summed E-state index contributed by atoms with van der Waals surface area (Å²) in [4.78, 5) is 13.5. The number of aryl methyl sites for hydroxylation is 1. The van der Waals surface area contributed by atoms with Crippen LogP contribution < -0.4 is 14.8 Å². The molecule has 1 atom stereocenters. The molecule has 40 heavy (non-hydrogen) atoms. The van der Waals surface area contributed by atoms with E-state index < -0.39 is 32.0 Å². The standard InChI is InChI=1S/C29H35N3O6S2/c1-22-19-26(15-16-28(22)38-2)39(34,35)31-27(20-23-9-5-3-6-10-23)29(33)30-21-24-11-13-25(14-12-24)40(36,37)32-17-7-4-8-18-32/h3,5-6,9-16,19,27,31H,4,7-8,17-18,20-21H2,1-2H3,(H,30,33)/t27-/m1/s1. The van der Waals surface area contributed by atoms with Crippen LogP contribution in [0.2, 0.25) is 0 Å². The number of nitrogens with zero attached hydrogens (tertiary/aromatic N) is 1. The van der Waals surface area contributed by atoms with E-state index in [0.717, 1.165) is 24.8 Å². The average molecular weight is 586 g/mol. The predicted octanol–water partition coefficient (Wildman–Crippen LogP) is 3.38. The van der Waals surface area contributed by atoms with Gasteiger partial charge in [-0.05, 0) is 73.2 Å². The second kappa shape index (κ2) is 12.9. The Balaban J connectivity index is 1.47. The number of sulfonamides is 2. The second-order valence-electron chi connectivity index (χ2n) is 9.82. The van der Waals surface area contributed by atoms with Gasteiger partial charge < -0.3 is 10.1 Å². The number of carbonyl (C=O) groups is 1. The second-order valence-corrected chi connectivity index (χ2v) is 13.5. The fourth-order valence-corrected chi connectivity index (χ4v) is 7.45. The third-order valence-electron chi connectivity index (χ3n) is 6.92. The van der Waals surface area contributed by atoms with Gasteiger partial charge in [0.25, 0.3) is 0 Å². The van der Waals surface area contributed by atoms with Gasteiger partial charge in [-0.25, -0.2) is 16.8 Å². The Morgan fingerprint density at radius 2 is 1.52 bits per heavy atom. The van der Waals surface area contributed by atoms with E-state index in [4.69, 9.17) is 4.74 Å². The molecule has 0 unspecified atom stereocenters. The number of carbonyl (C=O) groups excluding carboxylic acids is 1. The molecule has 3 aromatic rings. The molecule has 9 nitrogen and oxygen atoms in total. The molecule has 214 valence electrons. The summed E-state index contributed by atoms with van der Waals surface area (Å²) < 4.78 is 61.6. The monoisotopic (exact) mass is 585 g/mol. The first kappa shape index (κ1) is 29.7. The highest BCUT2D eigenvalue weighted by molar-refractivity contribution is 7.89. The van der Waals surface area contributed by atoms with Gasteiger partial charge in [-0.2, -0.15) is 9.03 Å². The third-order valence-corrected chi connectivity index (χ3v) is 10.3. The number of hydrogen-bond acceptors (Lipinski definition) is 6. The Kier molecular flexibility index (Phi) is 9.62. The van der Waals surface area contributed by atoms with E-state index in [9.17, 15) is 21.6 Å². The number of amides is 1. The summed E-state index contributed by atoms with van der Waals surface area (Å²) in [5.41, 5.74) is 2.14. The molecule has 0 radical (unpaired) electrons. The smallest absolute Gasteiger partial charge is 0.243 e. The van der Waals surface area contributed by atoms with Crippen molar-refractivity contribution in [2.45, 2.75) is 55.0 Å². The van der Waals surface area contributed by atoms with Crippen LogP contribution in [0.5, 0.6) is 5.75 Å². The van der Waals surface area contributed by atoms with Crippen LogP contribution in [-0.4, -0.2) is 53.3 Å². The molecule has 0 aliphatic carbocycles. The molecule has 1 amide bonds. The van der Waals surface area contributed by atoms with E-state index in [-0.39, 0.29) is 22.8 Å². The minimum Gasteiger partial charge on any atom is -0.496 e. The van der Waals surface area contributed by atoms with Gasteiger partial charge in [-0.3, -0.25) is 4.79 Å². The zero-order valence-electron chi connectivity index (χ0n) is 22.7. The van der Waals surface area contributed by atoms with Gasteiger partial charge in [0.1, 0.15) is 11.8 Å². The number of rotatable bonds is 11. The molecule has 11 heteroatoms. The van der Waals surface area contributed by atoms with Gasteiger partial charge in [0, 0.05) is 19.6 Å². The SMILES string of the molecule is COc1ccc(S(=O)(=O)N[C@H](Cc2ccccc2)C(=O)NCc2ccc(S(=O)(=O)N3CCCCC3)cc2)cc1C. The lowest BCUT2D eigenvalue weighted by Gasteiger charge is -2.25. The van der Waals surface area contributed by atoms with Crippen molar-refractivity contribution < 1.29 is 26.4 Å². The van der Waals surface area contributed by atoms with E-state index in [1.165, 1.54) is 23.5 Å². The van der Waals surface area contributed by atoms with Crippen LogP contribution in [0.1, 0.15) is 36.0 Å². The van der Waals surface area contributed by atoms with Gasteiger partial charge in [0.05, 0.1) is 16.9 Å². The molecular formula is C29H35N3O6S2. The fourth-order valence-electron chi connectivity index (χ4n) is 4.66. The van der Waals surface area contributed by atoms with E-state index in [2.05, 4.69) is 10.0 Å². The summed E-state index contributed by atoms with van der Waals surface area (Å²) in [5.74, 6) is 0.0648. The van der Waals surface area contributed by atoms with Crippen LogP contribution >= 0.6 is 0 Å². The van der Waals surface area contributed by atoms with Crippen LogP contribution in [0.4, 0.5) is 0 Å². The lowest BCUT2D eigenvalue weighted by molar-refractivity contribution is -0.122. The van der Waals surface area contributed by atoms with Crippen molar-refractivity contribution in [1.82, 2.24) is 14.3 Å². The fraction of sp³-hybridized carbons (Fsp3) is 0.345. The number of nitrogens with one attached hydrogen (secondary N) is 2. The molecule has 1 aliphatic heterocycles. The van der Waals surface area contributed by atoms with E-state index in [0.29, 0.717) is 30.0 Å². The Bertz CT molecular complexity index is 1520. The lowest BCUT2D eigenvalue weighted by atomic mass is 10.1. The molecule has 1 heterocycles. The maximum absolute atomic E-state index is 13.3. The normalized spacial score (nSPS) is 15.3. The lowest BCUT2D eigenvalue weighted by Crippen LogP contribution is -2.47. The Morgan fingerprint density at radius 1 is 0.875 bits per heavy atom. The minimum atomic E-state index is -4.03. The highest BCUT2D eigenvalue weighted by atomic mass is 32.2. The first-order valence-electron chi connectivity index (χ1n) is 13.2. The zero-order chi connectivity index (χ0) is 28.8. The van der Waals surface area contributed by atoms with Crippen LogP contribution in [0.25, 0.3) is 0 Å².